The molecular formula is C15H18BrN3OS2. The van der Waals surface area contributed by atoms with Gasteiger partial charge in [0.05, 0.1) is 14.4 Å². The molecule has 7 heteroatoms. The zero-order valence-electron chi connectivity index (χ0n) is 12.4. The van der Waals surface area contributed by atoms with Crippen molar-refractivity contribution in [3.05, 3.63) is 26.6 Å². The van der Waals surface area contributed by atoms with Crippen LogP contribution < -0.4 is 0 Å². The molecule has 1 fully saturated rings. The van der Waals surface area contributed by atoms with Gasteiger partial charge in [-0.2, -0.15) is 0 Å². The molecule has 2 heterocycles. The number of hydrogen-bond acceptors (Lipinski definition) is 5. The number of rotatable bonds is 5. The molecule has 0 radical (unpaired) electrons. The Kier molecular flexibility index (Phi) is 5.36. The Balaban J connectivity index is 1.69. The minimum absolute atomic E-state index is 0.150. The summed E-state index contributed by atoms with van der Waals surface area (Å²) in [5, 5.41) is 9.38. The van der Waals surface area contributed by atoms with Crippen molar-refractivity contribution in [2.75, 3.05) is 5.75 Å². The van der Waals surface area contributed by atoms with Gasteiger partial charge in [0.25, 0.3) is 0 Å². The van der Waals surface area contributed by atoms with E-state index in [1.807, 2.05) is 19.1 Å². The van der Waals surface area contributed by atoms with E-state index in [9.17, 15) is 4.79 Å². The number of halogens is 1. The van der Waals surface area contributed by atoms with Crippen LogP contribution >= 0.6 is 39.0 Å². The molecule has 0 bridgehead atoms. The number of thiophene rings is 1. The van der Waals surface area contributed by atoms with Crippen LogP contribution in [0.4, 0.5) is 0 Å². The summed E-state index contributed by atoms with van der Waals surface area (Å²) >= 11 is 6.38. The highest BCUT2D eigenvalue weighted by atomic mass is 79.9. The molecule has 1 aliphatic carbocycles. The van der Waals surface area contributed by atoms with Crippen LogP contribution in [0, 0.1) is 6.92 Å². The highest BCUT2D eigenvalue weighted by Crippen LogP contribution is 2.33. The van der Waals surface area contributed by atoms with Gasteiger partial charge in [0.1, 0.15) is 5.82 Å². The summed E-state index contributed by atoms with van der Waals surface area (Å²) in [6.07, 6.45) is 6.26. The van der Waals surface area contributed by atoms with Crippen LogP contribution in [0.3, 0.4) is 0 Å². The molecule has 0 saturated heterocycles. The van der Waals surface area contributed by atoms with Crippen molar-refractivity contribution in [1.29, 1.82) is 0 Å². The van der Waals surface area contributed by atoms with E-state index < -0.39 is 0 Å². The Hall–Kier alpha value is -0.660. The number of aromatic nitrogens is 3. The highest BCUT2D eigenvalue weighted by Gasteiger charge is 2.22. The molecule has 2 aromatic rings. The second kappa shape index (κ2) is 7.27. The van der Waals surface area contributed by atoms with Gasteiger partial charge in [0, 0.05) is 6.04 Å². The lowest BCUT2D eigenvalue weighted by Gasteiger charge is -2.24. The van der Waals surface area contributed by atoms with Gasteiger partial charge in [0.2, 0.25) is 0 Å². The van der Waals surface area contributed by atoms with Gasteiger partial charge < -0.3 is 4.57 Å². The fourth-order valence-corrected chi connectivity index (χ4v) is 5.22. The van der Waals surface area contributed by atoms with E-state index in [2.05, 4.69) is 30.7 Å². The zero-order valence-corrected chi connectivity index (χ0v) is 15.6. The van der Waals surface area contributed by atoms with E-state index in [4.69, 9.17) is 0 Å². The van der Waals surface area contributed by atoms with Crippen molar-refractivity contribution in [3.63, 3.8) is 0 Å². The Morgan fingerprint density at radius 1 is 1.36 bits per heavy atom. The van der Waals surface area contributed by atoms with Crippen molar-refractivity contribution in [3.8, 4) is 0 Å². The molecule has 0 aliphatic heterocycles. The number of carbonyl (C=O) groups excluding carboxylic acids is 1. The van der Waals surface area contributed by atoms with E-state index >= 15 is 0 Å². The average molecular weight is 400 g/mol. The second-order valence-electron chi connectivity index (χ2n) is 5.51. The number of ketones is 1. The third kappa shape index (κ3) is 3.63. The fourth-order valence-electron chi connectivity index (χ4n) is 2.87. The smallest absolute Gasteiger partial charge is 0.191 e. The van der Waals surface area contributed by atoms with Gasteiger partial charge in [-0.05, 0) is 47.8 Å². The van der Waals surface area contributed by atoms with Gasteiger partial charge in [0.15, 0.2) is 10.9 Å². The minimum Gasteiger partial charge on any atom is -0.303 e. The molecular weight excluding hydrogens is 382 g/mol. The summed E-state index contributed by atoms with van der Waals surface area (Å²) in [5.41, 5.74) is 0. The van der Waals surface area contributed by atoms with Crippen LogP contribution in [0.1, 0.15) is 53.6 Å². The highest BCUT2D eigenvalue weighted by molar-refractivity contribution is 9.11. The molecule has 0 unspecified atom stereocenters. The number of Topliss-reactive ketones (excluding diaryl/α,β-unsaturated/α-hetero) is 1. The predicted molar refractivity (Wildman–Crippen MR) is 94.0 cm³/mol. The van der Waals surface area contributed by atoms with Gasteiger partial charge in [-0.25, -0.2) is 0 Å². The summed E-state index contributed by atoms with van der Waals surface area (Å²) in [6, 6.07) is 4.28. The standard InChI is InChI=1S/C15H18BrN3OS2/c1-10-17-18-15(19(10)11-5-3-2-4-6-11)21-9-12(20)13-7-8-14(16)22-13/h7-8,11H,2-6,9H2,1H3. The normalized spacial score (nSPS) is 16.1. The second-order valence-corrected chi connectivity index (χ2v) is 8.91. The summed E-state index contributed by atoms with van der Waals surface area (Å²) < 4.78 is 3.23. The molecule has 2 aromatic heterocycles. The Morgan fingerprint density at radius 2 is 2.14 bits per heavy atom. The largest absolute Gasteiger partial charge is 0.303 e. The van der Waals surface area contributed by atoms with Crippen molar-refractivity contribution in [1.82, 2.24) is 14.8 Å². The molecule has 0 amide bonds. The molecule has 118 valence electrons. The lowest BCUT2D eigenvalue weighted by atomic mass is 9.95. The predicted octanol–water partition coefficient (Wildman–Crippen LogP) is 4.89. The van der Waals surface area contributed by atoms with E-state index in [1.54, 1.807) is 0 Å². The lowest BCUT2D eigenvalue weighted by Crippen LogP contribution is -2.15. The first kappa shape index (κ1) is 16.2. The summed E-state index contributed by atoms with van der Waals surface area (Å²) in [6.45, 7) is 2.00. The third-order valence-corrected chi connectivity index (χ3v) is 6.56. The number of aryl methyl sites for hydroxylation is 1. The molecule has 3 rings (SSSR count). The van der Waals surface area contributed by atoms with E-state index in [-0.39, 0.29) is 5.78 Å². The first-order valence-electron chi connectivity index (χ1n) is 7.48. The maximum Gasteiger partial charge on any atom is 0.191 e. The lowest BCUT2D eigenvalue weighted by molar-refractivity contribution is 0.102. The molecule has 0 atom stereocenters. The van der Waals surface area contributed by atoms with Crippen molar-refractivity contribution >= 4 is 44.8 Å². The number of nitrogens with zero attached hydrogens (tertiary/aromatic N) is 3. The first-order chi connectivity index (χ1) is 10.6. The SMILES string of the molecule is Cc1nnc(SCC(=O)c2ccc(Br)s2)n1C1CCCCC1. The monoisotopic (exact) mass is 399 g/mol. The molecule has 1 saturated carbocycles. The maximum atomic E-state index is 12.2. The van der Waals surface area contributed by atoms with Crippen LogP contribution in [0.5, 0.6) is 0 Å². The minimum atomic E-state index is 0.150. The van der Waals surface area contributed by atoms with Crippen LogP contribution in [0.2, 0.25) is 0 Å². The molecule has 0 spiro atoms. The van der Waals surface area contributed by atoms with E-state index in [1.165, 1.54) is 55.2 Å². The fraction of sp³-hybridized carbons (Fsp3) is 0.533. The Bertz CT molecular complexity index is 662. The van der Waals surface area contributed by atoms with Crippen LogP contribution in [-0.4, -0.2) is 26.3 Å². The summed E-state index contributed by atoms with van der Waals surface area (Å²) in [4.78, 5) is 13.0. The van der Waals surface area contributed by atoms with Crippen LogP contribution in [-0.2, 0) is 0 Å². The quantitative estimate of drug-likeness (QED) is 0.530. The Labute approximate surface area is 146 Å². The summed E-state index contributed by atoms with van der Waals surface area (Å²) in [7, 11) is 0. The molecule has 22 heavy (non-hydrogen) atoms. The Morgan fingerprint density at radius 3 is 2.82 bits per heavy atom. The van der Waals surface area contributed by atoms with Crippen molar-refractivity contribution < 1.29 is 4.79 Å². The number of hydrogen-bond donors (Lipinski definition) is 0. The van der Waals surface area contributed by atoms with Gasteiger partial charge in [-0.1, -0.05) is 31.0 Å². The van der Waals surface area contributed by atoms with Gasteiger partial charge in [-0.3, -0.25) is 4.79 Å². The maximum absolute atomic E-state index is 12.2. The number of carbonyl (C=O) groups is 1. The molecule has 0 N–H and O–H groups in total. The van der Waals surface area contributed by atoms with Crippen molar-refractivity contribution in [2.45, 2.75) is 50.2 Å². The number of thioether (sulfide) groups is 1. The van der Waals surface area contributed by atoms with Gasteiger partial charge >= 0.3 is 0 Å². The topological polar surface area (TPSA) is 47.8 Å². The van der Waals surface area contributed by atoms with E-state index in [0.717, 1.165) is 19.6 Å². The zero-order chi connectivity index (χ0) is 15.5. The van der Waals surface area contributed by atoms with Crippen LogP contribution in [0.15, 0.2) is 21.1 Å². The van der Waals surface area contributed by atoms with Crippen LogP contribution in [0.25, 0.3) is 0 Å². The first-order valence-corrected chi connectivity index (χ1v) is 10.1. The van der Waals surface area contributed by atoms with E-state index in [0.29, 0.717) is 11.8 Å². The van der Waals surface area contributed by atoms with Gasteiger partial charge in [-0.15, -0.1) is 21.5 Å². The summed E-state index contributed by atoms with van der Waals surface area (Å²) in [5.74, 6) is 1.52. The average Bonchev–Trinajstić information content (AvgIpc) is 3.12. The molecule has 0 aromatic carbocycles. The molecule has 4 nitrogen and oxygen atoms in total. The van der Waals surface area contributed by atoms with Crippen molar-refractivity contribution in [2.24, 2.45) is 0 Å². The third-order valence-electron chi connectivity index (χ3n) is 3.96. The molecule has 1 aliphatic rings.